The summed E-state index contributed by atoms with van der Waals surface area (Å²) in [7, 11) is 0. The van der Waals surface area contributed by atoms with Gasteiger partial charge in [-0.3, -0.25) is 0 Å². The molecule has 170 valence electrons. The molecule has 2 N–H and O–H groups in total. The summed E-state index contributed by atoms with van der Waals surface area (Å²) >= 11 is 0. The zero-order valence-corrected chi connectivity index (χ0v) is 20.4. The SMILES string of the molecule is CC(C)=CCCC(C)=CCC(=C(CC=C(C)CCC=C(C)C)C(O)O)c1ccccc1. The fourth-order valence-corrected chi connectivity index (χ4v) is 3.40. The van der Waals surface area contributed by atoms with Crippen LogP contribution in [0.5, 0.6) is 0 Å². The van der Waals surface area contributed by atoms with Crippen LogP contribution in [-0.4, -0.2) is 16.5 Å². The molecule has 0 aliphatic carbocycles. The van der Waals surface area contributed by atoms with Crippen molar-refractivity contribution < 1.29 is 10.2 Å². The van der Waals surface area contributed by atoms with Crippen molar-refractivity contribution in [2.45, 2.75) is 86.4 Å². The van der Waals surface area contributed by atoms with Gasteiger partial charge in [-0.1, -0.05) is 76.9 Å². The predicted octanol–water partition coefficient (Wildman–Crippen LogP) is 7.92. The molecule has 0 aliphatic rings. The Kier molecular flexibility index (Phi) is 12.8. The number of aliphatic hydroxyl groups is 2. The summed E-state index contributed by atoms with van der Waals surface area (Å²) in [5, 5.41) is 20.4. The number of rotatable bonds is 12. The predicted molar refractivity (Wildman–Crippen MR) is 136 cm³/mol. The molecule has 31 heavy (non-hydrogen) atoms. The van der Waals surface area contributed by atoms with Crippen molar-refractivity contribution in [3.63, 3.8) is 0 Å². The van der Waals surface area contributed by atoms with E-state index in [4.69, 9.17) is 0 Å². The van der Waals surface area contributed by atoms with E-state index in [-0.39, 0.29) is 0 Å². The molecular weight excluding hydrogens is 380 g/mol. The first-order valence-corrected chi connectivity index (χ1v) is 11.4. The van der Waals surface area contributed by atoms with Crippen molar-refractivity contribution in [1.29, 1.82) is 0 Å². The average Bonchev–Trinajstić information content (AvgIpc) is 2.70. The third-order valence-electron chi connectivity index (χ3n) is 5.33. The van der Waals surface area contributed by atoms with E-state index in [1.54, 1.807) is 0 Å². The lowest BCUT2D eigenvalue weighted by Gasteiger charge is -2.17. The zero-order chi connectivity index (χ0) is 23.2. The smallest absolute Gasteiger partial charge is 0.175 e. The zero-order valence-electron chi connectivity index (χ0n) is 20.4. The molecule has 0 spiro atoms. The van der Waals surface area contributed by atoms with Gasteiger partial charge in [0.25, 0.3) is 0 Å². The Morgan fingerprint density at radius 1 is 0.710 bits per heavy atom. The lowest BCUT2D eigenvalue weighted by atomic mass is 9.92. The normalized spacial score (nSPS) is 13.2. The van der Waals surface area contributed by atoms with Crippen LogP contribution in [0.4, 0.5) is 0 Å². The van der Waals surface area contributed by atoms with Crippen LogP contribution >= 0.6 is 0 Å². The Hall–Kier alpha value is -2.16. The molecule has 2 heteroatoms. The van der Waals surface area contributed by atoms with Crippen LogP contribution in [0.15, 0.2) is 82.5 Å². The molecule has 1 rings (SSSR count). The van der Waals surface area contributed by atoms with Gasteiger partial charge >= 0.3 is 0 Å². The van der Waals surface area contributed by atoms with E-state index >= 15 is 0 Å². The first-order chi connectivity index (χ1) is 14.7. The molecule has 0 aromatic heterocycles. The second-order valence-electron chi connectivity index (χ2n) is 8.89. The van der Waals surface area contributed by atoms with Gasteiger partial charge in [-0.2, -0.15) is 0 Å². The third kappa shape index (κ3) is 11.7. The van der Waals surface area contributed by atoms with Crippen molar-refractivity contribution in [2.24, 2.45) is 0 Å². The molecule has 0 aliphatic heterocycles. The van der Waals surface area contributed by atoms with Crippen molar-refractivity contribution in [3.05, 3.63) is 88.1 Å². The van der Waals surface area contributed by atoms with Crippen LogP contribution in [0.1, 0.15) is 85.6 Å². The highest BCUT2D eigenvalue weighted by Gasteiger charge is 2.14. The number of allylic oxidation sites excluding steroid dienone is 9. The molecule has 0 fully saturated rings. The number of hydrogen-bond acceptors (Lipinski definition) is 2. The molecule has 1 aromatic carbocycles. The van der Waals surface area contributed by atoms with Gasteiger partial charge in [0.2, 0.25) is 0 Å². The average molecular weight is 423 g/mol. The van der Waals surface area contributed by atoms with Crippen LogP contribution in [0.25, 0.3) is 5.57 Å². The summed E-state index contributed by atoms with van der Waals surface area (Å²) in [5.74, 6) is 0. The van der Waals surface area contributed by atoms with Gasteiger partial charge in [0.05, 0.1) is 0 Å². The number of aliphatic hydroxyl groups excluding tert-OH is 1. The van der Waals surface area contributed by atoms with E-state index in [2.05, 4.69) is 78.0 Å². The molecule has 0 heterocycles. The van der Waals surface area contributed by atoms with Gasteiger partial charge in [-0.25, -0.2) is 0 Å². The lowest BCUT2D eigenvalue weighted by Crippen LogP contribution is -2.11. The Labute approximate surface area is 190 Å². The Morgan fingerprint density at radius 2 is 1.19 bits per heavy atom. The summed E-state index contributed by atoms with van der Waals surface area (Å²) in [4.78, 5) is 0. The lowest BCUT2D eigenvalue weighted by molar-refractivity contribution is -0.00871. The molecule has 0 bridgehead atoms. The minimum Gasteiger partial charge on any atom is -0.365 e. The highest BCUT2D eigenvalue weighted by molar-refractivity contribution is 5.70. The Morgan fingerprint density at radius 3 is 1.65 bits per heavy atom. The van der Waals surface area contributed by atoms with Crippen LogP contribution in [0.3, 0.4) is 0 Å². The molecule has 0 saturated carbocycles. The van der Waals surface area contributed by atoms with Crippen molar-refractivity contribution in [1.82, 2.24) is 0 Å². The molecule has 0 radical (unpaired) electrons. The van der Waals surface area contributed by atoms with E-state index in [0.29, 0.717) is 18.4 Å². The minimum atomic E-state index is -1.46. The summed E-state index contributed by atoms with van der Waals surface area (Å²) in [5.41, 5.74) is 8.01. The summed E-state index contributed by atoms with van der Waals surface area (Å²) < 4.78 is 0. The molecule has 1 aromatic rings. The van der Waals surface area contributed by atoms with E-state index in [1.807, 2.05) is 18.2 Å². The van der Waals surface area contributed by atoms with E-state index < -0.39 is 6.29 Å². The van der Waals surface area contributed by atoms with Gasteiger partial charge in [0.1, 0.15) is 0 Å². The van der Waals surface area contributed by atoms with Crippen LogP contribution in [-0.2, 0) is 0 Å². The Bertz CT molecular complexity index is 810. The van der Waals surface area contributed by atoms with Crippen molar-refractivity contribution >= 4 is 5.57 Å². The van der Waals surface area contributed by atoms with E-state index in [0.717, 1.165) is 36.8 Å². The molecule has 0 unspecified atom stereocenters. The third-order valence-corrected chi connectivity index (χ3v) is 5.33. The molecule has 0 amide bonds. The maximum atomic E-state index is 10.2. The summed E-state index contributed by atoms with van der Waals surface area (Å²) in [6.07, 6.45) is 12.7. The first kappa shape index (κ1) is 26.9. The maximum absolute atomic E-state index is 10.2. The second-order valence-corrected chi connectivity index (χ2v) is 8.89. The van der Waals surface area contributed by atoms with Gasteiger partial charge in [-0.05, 0) is 96.8 Å². The molecule has 0 saturated heterocycles. The second kappa shape index (κ2) is 14.8. The maximum Gasteiger partial charge on any atom is 0.175 e. The summed E-state index contributed by atoms with van der Waals surface area (Å²) in [6, 6.07) is 10.1. The Balaban J connectivity index is 3.12. The number of hydrogen-bond donors (Lipinski definition) is 2. The largest absolute Gasteiger partial charge is 0.365 e. The quantitative estimate of drug-likeness (QED) is 0.265. The fraction of sp³-hybridized carbons (Fsp3) is 0.448. The summed E-state index contributed by atoms with van der Waals surface area (Å²) in [6.45, 7) is 12.8. The number of benzene rings is 1. The highest BCUT2D eigenvalue weighted by atomic mass is 16.5. The van der Waals surface area contributed by atoms with Crippen LogP contribution < -0.4 is 0 Å². The van der Waals surface area contributed by atoms with Gasteiger partial charge < -0.3 is 10.2 Å². The monoisotopic (exact) mass is 422 g/mol. The van der Waals surface area contributed by atoms with E-state index in [9.17, 15) is 10.2 Å². The highest BCUT2D eigenvalue weighted by Crippen LogP contribution is 2.28. The van der Waals surface area contributed by atoms with E-state index in [1.165, 1.54) is 22.3 Å². The van der Waals surface area contributed by atoms with Gasteiger partial charge in [0, 0.05) is 0 Å². The van der Waals surface area contributed by atoms with Crippen LogP contribution in [0.2, 0.25) is 0 Å². The van der Waals surface area contributed by atoms with Crippen LogP contribution in [0, 0.1) is 0 Å². The van der Waals surface area contributed by atoms with Gasteiger partial charge in [-0.15, -0.1) is 0 Å². The molecule has 0 atom stereocenters. The fourth-order valence-electron chi connectivity index (χ4n) is 3.40. The molecule has 2 nitrogen and oxygen atoms in total. The minimum absolute atomic E-state index is 0.549. The first-order valence-electron chi connectivity index (χ1n) is 11.4. The van der Waals surface area contributed by atoms with Crippen molar-refractivity contribution in [3.8, 4) is 0 Å². The van der Waals surface area contributed by atoms with Gasteiger partial charge in [0.15, 0.2) is 6.29 Å². The topological polar surface area (TPSA) is 40.5 Å². The van der Waals surface area contributed by atoms with Crippen molar-refractivity contribution in [2.75, 3.05) is 0 Å². The standard InChI is InChI=1S/C29H42O2/c1-22(2)12-10-14-24(5)18-20-27(26-16-8-7-9-17-26)28(29(30)31)21-19-25(6)15-11-13-23(3)4/h7-9,12-13,16-19,29-31H,10-11,14-15,20-21H2,1-6H3. The molecular formula is C29H42O2.